The first kappa shape index (κ1) is 14.3. The van der Waals surface area contributed by atoms with Crippen LogP contribution in [0.15, 0.2) is 60.8 Å². The van der Waals surface area contributed by atoms with E-state index in [4.69, 9.17) is 4.74 Å². The number of fused-ring (bicyclic) bond motifs is 2. The number of pyridine rings is 1. The maximum absolute atomic E-state index is 12.6. The minimum absolute atomic E-state index is 0.205. The molecule has 0 saturated carbocycles. The summed E-state index contributed by atoms with van der Waals surface area (Å²) in [5.74, 6) is 0.540. The molecule has 2 aromatic carbocycles. The number of para-hydroxylation sites is 1. The number of nitrogens with one attached hydrogen (secondary N) is 2. The zero-order valence-corrected chi connectivity index (χ0v) is 13.0. The molecule has 0 atom stereocenters. The first-order valence-electron chi connectivity index (χ1n) is 7.56. The van der Waals surface area contributed by atoms with Crippen LogP contribution in [0.5, 0.6) is 5.75 Å². The molecule has 0 aliphatic heterocycles. The fourth-order valence-electron chi connectivity index (χ4n) is 2.75. The van der Waals surface area contributed by atoms with Crippen LogP contribution < -0.4 is 10.1 Å². The Kier molecular flexibility index (Phi) is 3.39. The van der Waals surface area contributed by atoms with Gasteiger partial charge in [-0.1, -0.05) is 18.2 Å². The van der Waals surface area contributed by atoms with Crippen LogP contribution in [-0.4, -0.2) is 23.0 Å². The van der Waals surface area contributed by atoms with Crippen LogP contribution in [0.3, 0.4) is 0 Å². The molecule has 2 heterocycles. The standard InChI is InChI=1S/C19H15N3O2/c1-24-14-8-7-13-10-17(21-16(13)11-14)19(23)22-15-6-2-4-12-5-3-9-20-18(12)15/h2-11,21H,1H3,(H,22,23). The summed E-state index contributed by atoms with van der Waals surface area (Å²) in [4.78, 5) is 20.1. The number of amides is 1. The van der Waals surface area contributed by atoms with Gasteiger partial charge < -0.3 is 15.0 Å². The Morgan fingerprint density at radius 1 is 1.08 bits per heavy atom. The number of anilines is 1. The Morgan fingerprint density at radius 2 is 1.96 bits per heavy atom. The molecular formula is C19H15N3O2. The van der Waals surface area contributed by atoms with Crippen LogP contribution in [0.25, 0.3) is 21.8 Å². The van der Waals surface area contributed by atoms with Crippen molar-refractivity contribution in [1.29, 1.82) is 0 Å². The first-order chi connectivity index (χ1) is 11.7. The van der Waals surface area contributed by atoms with Crippen LogP contribution in [0.1, 0.15) is 10.5 Å². The Hall–Kier alpha value is -3.34. The van der Waals surface area contributed by atoms with E-state index in [0.717, 1.165) is 27.6 Å². The molecule has 0 aliphatic rings. The highest BCUT2D eigenvalue weighted by Gasteiger charge is 2.12. The van der Waals surface area contributed by atoms with Gasteiger partial charge in [0, 0.05) is 28.6 Å². The zero-order chi connectivity index (χ0) is 16.5. The van der Waals surface area contributed by atoms with Crippen LogP contribution >= 0.6 is 0 Å². The Labute approximate surface area is 138 Å². The molecule has 5 heteroatoms. The van der Waals surface area contributed by atoms with Gasteiger partial charge >= 0.3 is 0 Å². The maximum Gasteiger partial charge on any atom is 0.272 e. The van der Waals surface area contributed by atoms with E-state index in [0.29, 0.717) is 11.4 Å². The minimum atomic E-state index is -0.205. The number of rotatable bonds is 3. The first-order valence-corrected chi connectivity index (χ1v) is 7.56. The van der Waals surface area contributed by atoms with Gasteiger partial charge in [0.2, 0.25) is 0 Å². The largest absolute Gasteiger partial charge is 0.497 e. The van der Waals surface area contributed by atoms with Crippen molar-refractivity contribution in [2.24, 2.45) is 0 Å². The number of nitrogens with zero attached hydrogens (tertiary/aromatic N) is 1. The smallest absolute Gasteiger partial charge is 0.272 e. The fraction of sp³-hybridized carbons (Fsp3) is 0.0526. The number of hydrogen-bond acceptors (Lipinski definition) is 3. The summed E-state index contributed by atoms with van der Waals surface area (Å²) in [6.45, 7) is 0. The van der Waals surface area contributed by atoms with Gasteiger partial charge in [-0.3, -0.25) is 9.78 Å². The Bertz CT molecular complexity index is 1050. The SMILES string of the molecule is COc1ccc2cc(C(=O)Nc3cccc4cccnc34)[nH]c2c1. The third-order valence-corrected chi connectivity index (χ3v) is 3.96. The zero-order valence-electron chi connectivity index (χ0n) is 13.0. The predicted molar refractivity (Wildman–Crippen MR) is 94.5 cm³/mol. The number of H-pyrrole nitrogens is 1. The number of benzene rings is 2. The molecule has 0 aliphatic carbocycles. The van der Waals surface area contributed by atoms with E-state index in [9.17, 15) is 4.79 Å². The molecule has 0 radical (unpaired) electrons. The summed E-state index contributed by atoms with van der Waals surface area (Å²) >= 11 is 0. The number of methoxy groups -OCH3 is 1. The molecule has 118 valence electrons. The molecule has 5 nitrogen and oxygen atoms in total. The van der Waals surface area contributed by atoms with Crippen molar-refractivity contribution in [2.75, 3.05) is 12.4 Å². The summed E-state index contributed by atoms with van der Waals surface area (Å²) in [6, 6.07) is 17.0. The highest BCUT2D eigenvalue weighted by molar-refractivity contribution is 6.09. The lowest BCUT2D eigenvalue weighted by atomic mass is 10.2. The second-order valence-electron chi connectivity index (χ2n) is 5.47. The van der Waals surface area contributed by atoms with Gasteiger partial charge in [0.15, 0.2) is 0 Å². The van der Waals surface area contributed by atoms with Crippen LogP contribution in [0.2, 0.25) is 0 Å². The Balaban J connectivity index is 1.68. The fourth-order valence-corrected chi connectivity index (χ4v) is 2.75. The predicted octanol–water partition coefficient (Wildman–Crippen LogP) is 3.98. The van der Waals surface area contributed by atoms with Gasteiger partial charge in [0.1, 0.15) is 11.4 Å². The molecular weight excluding hydrogens is 302 g/mol. The van der Waals surface area contributed by atoms with E-state index in [1.807, 2.05) is 54.6 Å². The average molecular weight is 317 g/mol. The van der Waals surface area contributed by atoms with Gasteiger partial charge in [-0.05, 0) is 30.3 Å². The van der Waals surface area contributed by atoms with E-state index in [1.54, 1.807) is 13.3 Å². The van der Waals surface area contributed by atoms with E-state index in [2.05, 4.69) is 15.3 Å². The number of aromatic nitrogens is 2. The molecule has 2 aromatic heterocycles. The van der Waals surface area contributed by atoms with E-state index < -0.39 is 0 Å². The number of aromatic amines is 1. The van der Waals surface area contributed by atoms with Crippen molar-refractivity contribution in [3.8, 4) is 5.75 Å². The van der Waals surface area contributed by atoms with Crippen LogP contribution in [-0.2, 0) is 0 Å². The van der Waals surface area contributed by atoms with Crippen molar-refractivity contribution in [1.82, 2.24) is 9.97 Å². The highest BCUT2D eigenvalue weighted by atomic mass is 16.5. The van der Waals surface area contributed by atoms with Crippen molar-refractivity contribution in [3.63, 3.8) is 0 Å². The lowest BCUT2D eigenvalue weighted by molar-refractivity contribution is 0.102. The van der Waals surface area contributed by atoms with Gasteiger partial charge in [-0.2, -0.15) is 0 Å². The van der Waals surface area contributed by atoms with Crippen LogP contribution in [0, 0.1) is 0 Å². The lowest BCUT2D eigenvalue weighted by Crippen LogP contribution is -2.12. The summed E-state index contributed by atoms with van der Waals surface area (Å²) < 4.78 is 5.21. The summed E-state index contributed by atoms with van der Waals surface area (Å²) in [5, 5.41) is 4.87. The molecule has 4 rings (SSSR count). The van der Waals surface area contributed by atoms with Crippen molar-refractivity contribution >= 4 is 33.4 Å². The van der Waals surface area contributed by atoms with Gasteiger partial charge in [0.05, 0.1) is 18.3 Å². The second-order valence-corrected chi connectivity index (χ2v) is 5.47. The normalized spacial score (nSPS) is 10.9. The topological polar surface area (TPSA) is 67.0 Å². The Morgan fingerprint density at radius 3 is 2.83 bits per heavy atom. The lowest BCUT2D eigenvalue weighted by Gasteiger charge is -2.06. The number of hydrogen-bond donors (Lipinski definition) is 2. The third kappa shape index (κ3) is 2.46. The quantitative estimate of drug-likeness (QED) is 0.600. The van der Waals surface area contributed by atoms with Gasteiger partial charge in [-0.25, -0.2) is 0 Å². The van der Waals surface area contributed by atoms with Crippen molar-refractivity contribution in [2.45, 2.75) is 0 Å². The van der Waals surface area contributed by atoms with E-state index >= 15 is 0 Å². The van der Waals surface area contributed by atoms with E-state index in [-0.39, 0.29) is 5.91 Å². The molecule has 0 bridgehead atoms. The third-order valence-electron chi connectivity index (χ3n) is 3.96. The molecule has 0 saturated heterocycles. The molecule has 4 aromatic rings. The monoisotopic (exact) mass is 317 g/mol. The second kappa shape index (κ2) is 5.70. The number of carbonyl (C=O) groups is 1. The number of ether oxygens (including phenoxy) is 1. The van der Waals surface area contributed by atoms with Crippen molar-refractivity contribution < 1.29 is 9.53 Å². The molecule has 0 fully saturated rings. The molecule has 2 N–H and O–H groups in total. The summed E-state index contributed by atoms with van der Waals surface area (Å²) in [6.07, 6.45) is 1.72. The van der Waals surface area contributed by atoms with Crippen molar-refractivity contribution in [3.05, 3.63) is 66.5 Å². The number of carbonyl (C=O) groups excluding carboxylic acids is 1. The molecule has 24 heavy (non-hydrogen) atoms. The average Bonchev–Trinajstić information content (AvgIpc) is 3.05. The summed E-state index contributed by atoms with van der Waals surface area (Å²) in [5.41, 5.74) is 2.81. The molecule has 0 unspecified atom stereocenters. The molecule has 0 spiro atoms. The van der Waals surface area contributed by atoms with Gasteiger partial charge in [-0.15, -0.1) is 0 Å². The van der Waals surface area contributed by atoms with Gasteiger partial charge in [0.25, 0.3) is 5.91 Å². The molecule has 1 amide bonds. The highest BCUT2D eigenvalue weighted by Crippen LogP contribution is 2.24. The minimum Gasteiger partial charge on any atom is -0.497 e. The van der Waals surface area contributed by atoms with E-state index in [1.165, 1.54) is 0 Å². The van der Waals surface area contributed by atoms with Crippen LogP contribution in [0.4, 0.5) is 5.69 Å². The maximum atomic E-state index is 12.6. The summed E-state index contributed by atoms with van der Waals surface area (Å²) in [7, 11) is 1.62.